The number of fused-ring (bicyclic) bond motifs is 12. The largest absolute Gasteiger partial charge is 0.0843 e. The fourth-order valence-electron chi connectivity index (χ4n) is 6.54. The molecule has 0 fully saturated rings. The van der Waals surface area contributed by atoms with Gasteiger partial charge >= 0.3 is 0 Å². The molecule has 0 aromatic heterocycles. The highest BCUT2D eigenvalue weighted by Gasteiger charge is 2.51. The van der Waals surface area contributed by atoms with E-state index in [2.05, 4.69) is 109 Å². The van der Waals surface area contributed by atoms with Gasteiger partial charge in [0.25, 0.3) is 0 Å². The van der Waals surface area contributed by atoms with E-state index in [1.54, 1.807) is 0 Å². The Kier molecular flexibility index (Phi) is 3.48. The van der Waals surface area contributed by atoms with Crippen molar-refractivity contribution in [1.29, 1.82) is 0 Å². The summed E-state index contributed by atoms with van der Waals surface area (Å²) in [6.07, 6.45) is 0. The molecule has 0 radical (unpaired) electrons. The molecule has 34 heavy (non-hydrogen) atoms. The van der Waals surface area contributed by atoms with Gasteiger partial charge in [-0.1, -0.05) is 90.5 Å². The molecule has 6 aromatic carbocycles. The average Bonchev–Trinajstić information content (AvgIpc) is 3.32. The van der Waals surface area contributed by atoms with E-state index in [0.29, 0.717) is 0 Å². The number of halogens is 1. The van der Waals surface area contributed by atoms with Crippen LogP contribution in [0.25, 0.3) is 43.8 Å². The minimum atomic E-state index is -0.324. The van der Waals surface area contributed by atoms with Crippen molar-refractivity contribution in [2.75, 3.05) is 0 Å². The van der Waals surface area contributed by atoms with E-state index >= 15 is 0 Å². The molecule has 2 aliphatic carbocycles. The highest BCUT2D eigenvalue weighted by Crippen LogP contribution is 2.63. The maximum atomic E-state index is 6.38. The van der Waals surface area contributed by atoms with Crippen LogP contribution in [0.3, 0.4) is 0 Å². The first-order valence-electron chi connectivity index (χ1n) is 11.7. The fraction of sp³-hybridized carbons (Fsp3) is 0.0303. The predicted octanol–water partition coefficient (Wildman–Crippen LogP) is 8.99. The lowest BCUT2D eigenvalue weighted by atomic mass is 9.70. The molecule has 2 aliphatic rings. The van der Waals surface area contributed by atoms with Gasteiger partial charge < -0.3 is 0 Å². The van der Waals surface area contributed by atoms with Gasteiger partial charge in [0.1, 0.15) is 0 Å². The van der Waals surface area contributed by atoms with Crippen molar-refractivity contribution < 1.29 is 0 Å². The third-order valence-electron chi connectivity index (χ3n) is 7.88. The summed E-state index contributed by atoms with van der Waals surface area (Å²) in [6, 6.07) is 42.4. The van der Waals surface area contributed by atoms with E-state index in [4.69, 9.17) is 11.6 Å². The molecule has 8 rings (SSSR count). The van der Waals surface area contributed by atoms with Gasteiger partial charge in [-0.3, -0.25) is 0 Å². The third-order valence-corrected chi connectivity index (χ3v) is 8.11. The zero-order chi connectivity index (χ0) is 22.4. The van der Waals surface area contributed by atoms with Gasteiger partial charge in [0.05, 0.1) is 5.41 Å². The highest BCUT2D eigenvalue weighted by atomic mass is 35.5. The highest BCUT2D eigenvalue weighted by molar-refractivity contribution is 6.31. The van der Waals surface area contributed by atoms with Crippen LogP contribution in [0.2, 0.25) is 5.02 Å². The van der Waals surface area contributed by atoms with Crippen LogP contribution in [0.15, 0.2) is 115 Å². The van der Waals surface area contributed by atoms with Crippen LogP contribution in [0, 0.1) is 0 Å². The molecule has 0 saturated heterocycles. The molecule has 1 atom stereocenters. The molecular formula is C33H19Cl. The molecule has 0 N–H and O–H groups in total. The first kappa shape index (κ1) is 18.5. The minimum absolute atomic E-state index is 0.324. The summed E-state index contributed by atoms with van der Waals surface area (Å²) in [6.45, 7) is 0. The summed E-state index contributed by atoms with van der Waals surface area (Å²) in [5.41, 5.74) is 10.5. The minimum Gasteiger partial charge on any atom is -0.0843 e. The van der Waals surface area contributed by atoms with Crippen LogP contribution in [0.4, 0.5) is 0 Å². The maximum Gasteiger partial charge on any atom is 0.0725 e. The van der Waals surface area contributed by atoms with E-state index in [-0.39, 0.29) is 5.41 Å². The Balaban J connectivity index is 1.60. The summed E-state index contributed by atoms with van der Waals surface area (Å²) in [5.74, 6) is 0. The van der Waals surface area contributed by atoms with E-state index in [0.717, 1.165) is 5.02 Å². The topological polar surface area (TPSA) is 0 Å². The van der Waals surface area contributed by atoms with Gasteiger partial charge in [-0.2, -0.15) is 0 Å². The lowest BCUT2D eigenvalue weighted by Gasteiger charge is -2.30. The summed E-state index contributed by atoms with van der Waals surface area (Å²) in [4.78, 5) is 0. The lowest BCUT2D eigenvalue weighted by molar-refractivity contribution is 0.796. The van der Waals surface area contributed by atoms with Crippen LogP contribution in [-0.2, 0) is 5.41 Å². The Bertz CT molecular complexity index is 1830. The smallest absolute Gasteiger partial charge is 0.0725 e. The van der Waals surface area contributed by atoms with Crippen LogP contribution >= 0.6 is 11.6 Å². The number of benzene rings is 6. The van der Waals surface area contributed by atoms with Gasteiger partial charge in [-0.15, -0.1) is 0 Å². The van der Waals surface area contributed by atoms with Gasteiger partial charge in [0, 0.05) is 5.02 Å². The van der Waals surface area contributed by atoms with Crippen LogP contribution < -0.4 is 0 Å². The number of rotatable bonds is 0. The van der Waals surface area contributed by atoms with Crippen LogP contribution in [0.5, 0.6) is 0 Å². The summed E-state index contributed by atoms with van der Waals surface area (Å²) in [7, 11) is 0. The third kappa shape index (κ3) is 2.15. The van der Waals surface area contributed by atoms with Crippen molar-refractivity contribution in [2.45, 2.75) is 5.41 Å². The summed E-state index contributed by atoms with van der Waals surface area (Å²) in [5, 5.41) is 5.75. The molecule has 0 amide bonds. The van der Waals surface area contributed by atoms with E-state index < -0.39 is 0 Å². The first-order chi connectivity index (χ1) is 16.7. The first-order valence-corrected chi connectivity index (χ1v) is 12.1. The molecule has 158 valence electrons. The van der Waals surface area contributed by atoms with Crippen LogP contribution in [0.1, 0.15) is 22.3 Å². The molecule has 6 aromatic rings. The van der Waals surface area contributed by atoms with E-state index in [1.165, 1.54) is 66.1 Å². The van der Waals surface area contributed by atoms with Gasteiger partial charge in [0.2, 0.25) is 0 Å². The van der Waals surface area contributed by atoms with Gasteiger partial charge in [-0.05, 0) is 102 Å². The van der Waals surface area contributed by atoms with E-state index in [9.17, 15) is 0 Å². The zero-order valence-corrected chi connectivity index (χ0v) is 19.1. The number of hydrogen-bond donors (Lipinski definition) is 0. The molecule has 1 spiro atoms. The fourth-order valence-corrected chi connectivity index (χ4v) is 6.72. The molecule has 1 heteroatoms. The normalized spacial score (nSPS) is 17.1. The maximum absolute atomic E-state index is 6.38. The van der Waals surface area contributed by atoms with Crippen molar-refractivity contribution in [1.82, 2.24) is 0 Å². The SMILES string of the molecule is Clc1ccc2cc3c(cc2c1)-c1ccccc1C31c2ccccc2-c2cc3ccccc3cc21. The van der Waals surface area contributed by atoms with Crippen molar-refractivity contribution in [3.05, 3.63) is 143 Å². The van der Waals surface area contributed by atoms with Gasteiger partial charge in [-0.25, -0.2) is 0 Å². The monoisotopic (exact) mass is 450 g/mol. The molecular weight excluding hydrogens is 432 g/mol. The Labute approximate surface area is 203 Å². The van der Waals surface area contributed by atoms with Gasteiger partial charge in [0.15, 0.2) is 0 Å². The summed E-state index contributed by atoms with van der Waals surface area (Å²) >= 11 is 6.38. The van der Waals surface area contributed by atoms with Crippen LogP contribution in [-0.4, -0.2) is 0 Å². The lowest BCUT2D eigenvalue weighted by Crippen LogP contribution is -2.25. The van der Waals surface area contributed by atoms with Crippen molar-refractivity contribution >= 4 is 33.1 Å². The quantitative estimate of drug-likeness (QED) is 0.216. The molecule has 0 nitrogen and oxygen atoms in total. The standard InChI is InChI=1S/C33H19Cl/c34-24-14-13-22-19-32-28(17-23(22)15-24)26-10-4-6-12-30(26)33(32)29-11-5-3-9-25(29)27-16-20-7-1-2-8-21(20)18-31(27)33/h1-19H. The Morgan fingerprint density at radius 3 is 1.53 bits per heavy atom. The molecule has 1 unspecified atom stereocenters. The second-order valence-corrected chi connectivity index (χ2v) is 9.91. The molecule has 0 heterocycles. The van der Waals surface area contributed by atoms with Crippen molar-refractivity contribution in [3.63, 3.8) is 0 Å². The second-order valence-electron chi connectivity index (χ2n) is 9.48. The Hall–Kier alpha value is -3.87. The average molecular weight is 451 g/mol. The molecule has 0 saturated carbocycles. The Morgan fingerprint density at radius 2 is 0.882 bits per heavy atom. The second kappa shape index (κ2) is 6.38. The number of hydrogen-bond acceptors (Lipinski definition) is 0. The summed E-state index contributed by atoms with van der Waals surface area (Å²) < 4.78 is 0. The predicted molar refractivity (Wildman–Crippen MR) is 143 cm³/mol. The molecule has 0 bridgehead atoms. The molecule has 0 aliphatic heterocycles. The van der Waals surface area contributed by atoms with E-state index in [1.807, 2.05) is 6.07 Å². The zero-order valence-electron chi connectivity index (χ0n) is 18.3. The Morgan fingerprint density at radius 1 is 0.382 bits per heavy atom. The van der Waals surface area contributed by atoms with Crippen molar-refractivity contribution in [2.24, 2.45) is 0 Å². The van der Waals surface area contributed by atoms with Crippen molar-refractivity contribution in [3.8, 4) is 22.3 Å².